The molecule has 0 saturated carbocycles. The molecule has 0 radical (unpaired) electrons. The maximum Gasteiger partial charge on any atom is 0.306 e. The van der Waals surface area contributed by atoms with Crippen LogP contribution in [0.25, 0.3) is 0 Å². The van der Waals surface area contributed by atoms with E-state index in [4.69, 9.17) is 18.5 Å². The number of unbranched alkanes of at least 4 members (excludes halogenated alkanes) is 29. The van der Waals surface area contributed by atoms with Gasteiger partial charge in [-0.2, -0.15) is 0 Å². The van der Waals surface area contributed by atoms with Gasteiger partial charge in [0.15, 0.2) is 6.10 Å². The number of carbonyl (C=O) groups is 2. The van der Waals surface area contributed by atoms with E-state index in [0.717, 1.165) is 77.0 Å². The topological polar surface area (TPSA) is 111 Å². The van der Waals surface area contributed by atoms with Crippen LogP contribution in [0.4, 0.5) is 0 Å². The minimum atomic E-state index is -4.63. The first kappa shape index (κ1) is 65.0. The lowest BCUT2D eigenvalue weighted by atomic mass is 10.0. The third kappa shape index (κ3) is 53.2. The summed E-state index contributed by atoms with van der Waals surface area (Å²) in [6, 6.07) is 0. The second-order valence-corrected chi connectivity index (χ2v) is 21.4. The fourth-order valence-corrected chi connectivity index (χ4v) is 8.45. The van der Waals surface area contributed by atoms with Crippen LogP contribution in [-0.2, 0) is 32.7 Å². The number of nitrogens with zero attached hydrogens (tertiary/aromatic N) is 1. The van der Waals surface area contributed by atoms with Gasteiger partial charge in [0.2, 0.25) is 0 Å². The van der Waals surface area contributed by atoms with Gasteiger partial charge in [0, 0.05) is 12.8 Å². The van der Waals surface area contributed by atoms with E-state index in [1.807, 2.05) is 21.1 Å². The number of phosphoric acid groups is 1. The van der Waals surface area contributed by atoms with E-state index in [2.05, 4.69) is 62.5 Å². The standard InChI is InChI=1S/C57H106NO8P/c1-6-8-10-12-14-16-18-19-20-21-22-23-24-25-26-27-28-29-30-31-32-33-34-35-36-37-38-39-40-42-44-46-48-50-57(60)66-55(54-65-67(61,62)64-52-51-58(3,4)5)53-63-56(59)49-47-45-43-41-17-15-13-11-9-7-2/h11,13,18-19,21-22,24-25,55H,6-10,12,14-17,20,23,26-54H2,1-5H3/b13-11-,19-18-,22-21-,25-24-. The van der Waals surface area contributed by atoms with Crippen LogP contribution in [-0.4, -0.2) is 70.0 Å². The van der Waals surface area contributed by atoms with Gasteiger partial charge in [-0.1, -0.05) is 217 Å². The molecular formula is C57H106NO8P. The SMILES string of the molecule is CCC/C=C\CCCCCCCC(=O)OCC(COP(=O)([O-])OCC[N+](C)(C)C)OC(=O)CCCCCCCCCCCCCCCCCCCC/C=C\C/C=C\C/C=C\CCCCCCC. The predicted octanol–water partition coefficient (Wildman–Crippen LogP) is 16.3. The van der Waals surface area contributed by atoms with Gasteiger partial charge in [-0.05, 0) is 70.6 Å². The zero-order valence-corrected chi connectivity index (χ0v) is 45.2. The van der Waals surface area contributed by atoms with Crippen LogP contribution in [0.2, 0.25) is 0 Å². The van der Waals surface area contributed by atoms with Crippen molar-refractivity contribution >= 4 is 19.8 Å². The van der Waals surface area contributed by atoms with Gasteiger partial charge in [0.1, 0.15) is 19.8 Å². The molecule has 0 fully saturated rings. The first-order chi connectivity index (χ1) is 32.5. The summed E-state index contributed by atoms with van der Waals surface area (Å²) in [7, 11) is 1.17. The summed E-state index contributed by atoms with van der Waals surface area (Å²) in [5, 5.41) is 0. The molecule has 2 unspecified atom stereocenters. The van der Waals surface area contributed by atoms with Crippen LogP contribution in [0.5, 0.6) is 0 Å². The second kappa shape index (κ2) is 49.0. The molecule has 9 nitrogen and oxygen atoms in total. The number of hydrogen-bond donors (Lipinski definition) is 0. The molecule has 0 rings (SSSR count). The zero-order valence-electron chi connectivity index (χ0n) is 44.3. The Morgan fingerprint density at radius 2 is 0.836 bits per heavy atom. The largest absolute Gasteiger partial charge is 0.756 e. The van der Waals surface area contributed by atoms with Crippen molar-refractivity contribution in [3.8, 4) is 0 Å². The molecule has 0 N–H and O–H groups in total. The average molecular weight is 964 g/mol. The van der Waals surface area contributed by atoms with Gasteiger partial charge < -0.3 is 27.9 Å². The minimum absolute atomic E-state index is 0.0317. The molecular weight excluding hydrogens is 858 g/mol. The van der Waals surface area contributed by atoms with E-state index in [-0.39, 0.29) is 26.1 Å². The molecule has 0 aliphatic carbocycles. The number of ether oxygens (including phenoxy) is 2. The summed E-state index contributed by atoms with van der Waals surface area (Å²) in [6.45, 7) is 4.16. The minimum Gasteiger partial charge on any atom is -0.756 e. The number of hydrogen-bond acceptors (Lipinski definition) is 8. The summed E-state index contributed by atoms with van der Waals surface area (Å²) in [6.07, 6.45) is 60.4. The van der Waals surface area contributed by atoms with E-state index in [0.29, 0.717) is 17.4 Å². The number of esters is 2. The molecule has 0 bridgehead atoms. The molecule has 0 aliphatic heterocycles. The van der Waals surface area contributed by atoms with Gasteiger partial charge in [0.05, 0.1) is 27.7 Å². The van der Waals surface area contributed by atoms with Crippen molar-refractivity contribution in [3.63, 3.8) is 0 Å². The van der Waals surface area contributed by atoms with Crippen molar-refractivity contribution in [2.75, 3.05) is 47.5 Å². The molecule has 392 valence electrons. The molecule has 0 spiro atoms. The van der Waals surface area contributed by atoms with Crippen LogP contribution in [0.3, 0.4) is 0 Å². The van der Waals surface area contributed by atoms with Gasteiger partial charge >= 0.3 is 11.9 Å². The second-order valence-electron chi connectivity index (χ2n) is 19.9. The lowest BCUT2D eigenvalue weighted by molar-refractivity contribution is -0.870. The number of phosphoric ester groups is 1. The fourth-order valence-electron chi connectivity index (χ4n) is 7.72. The van der Waals surface area contributed by atoms with E-state index in [9.17, 15) is 19.0 Å². The van der Waals surface area contributed by atoms with Gasteiger partial charge in [-0.3, -0.25) is 14.2 Å². The molecule has 0 aliphatic rings. The molecule has 0 heterocycles. The monoisotopic (exact) mass is 964 g/mol. The Morgan fingerprint density at radius 3 is 1.27 bits per heavy atom. The van der Waals surface area contributed by atoms with Crippen molar-refractivity contribution < 1.29 is 42.1 Å². The summed E-state index contributed by atoms with van der Waals surface area (Å²) in [5.41, 5.74) is 0. The Morgan fingerprint density at radius 1 is 0.463 bits per heavy atom. The maximum absolute atomic E-state index is 12.7. The maximum atomic E-state index is 12.7. The number of rotatable bonds is 51. The molecule has 0 aromatic heterocycles. The predicted molar refractivity (Wildman–Crippen MR) is 282 cm³/mol. The Kier molecular flexibility index (Phi) is 47.5. The van der Waals surface area contributed by atoms with Crippen LogP contribution >= 0.6 is 7.82 Å². The average Bonchev–Trinajstić information content (AvgIpc) is 3.29. The van der Waals surface area contributed by atoms with Crippen LogP contribution in [0.1, 0.15) is 251 Å². The zero-order chi connectivity index (χ0) is 49.2. The Hall–Kier alpha value is -2.03. The number of carbonyl (C=O) groups excluding carboxylic acids is 2. The van der Waals surface area contributed by atoms with E-state index < -0.39 is 32.5 Å². The lowest BCUT2D eigenvalue weighted by Crippen LogP contribution is -2.37. The highest BCUT2D eigenvalue weighted by molar-refractivity contribution is 7.45. The Bertz CT molecular complexity index is 1270. The van der Waals surface area contributed by atoms with Gasteiger partial charge in [0.25, 0.3) is 7.82 Å². The fraction of sp³-hybridized carbons (Fsp3) is 0.825. The van der Waals surface area contributed by atoms with Crippen LogP contribution in [0, 0.1) is 0 Å². The highest BCUT2D eigenvalue weighted by Crippen LogP contribution is 2.38. The third-order valence-electron chi connectivity index (χ3n) is 12.1. The highest BCUT2D eigenvalue weighted by atomic mass is 31.2. The van der Waals surface area contributed by atoms with E-state index in [1.165, 1.54) is 141 Å². The normalized spacial score (nSPS) is 13.7. The summed E-state index contributed by atoms with van der Waals surface area (Å²) in [5.74, 6) is -0.840. The van der Waals surface area contributed by atoms with Crippen molar-refractivity contribution in [1.29, 1.82) is 0 Å². The smallest absolute Gasteiger partial charge is 0.306 e. The first-order valence-electron chi connectivity index (χ1n) is 27.8. The van der Waals surface area contributed by atoms with Crippen LogP contribution in [0.15, 0.2) is 48.6 Å². The lowest BCUT2D eigenvalue weighted by Gasteiger charge is -2.28. The molecule has 0 saturated heterocycles. The quantitative estimate of drug-likeness (QED) is 0.0195. The number of likely N-dealkylation sites (N-methyl/N-ethyl adjacent to an activating group) is 1. The van der Waals surface area contributed by atoms with Crippen molar-refractivity contribution in [3.05, 3.63) is 48.6 Å². The van der Waals surface area contributed by atoms with Gasteiger partial charge in [-0.25, -0.2) is 0 Å². The summed E-state index contributed by atoms with van der Waals surface area (Å²) >= 11 is 0. The molecule has 10 heteroatoms. The number of quaternary nitrogens is 1. The van der Waals surface area contributed by atoms with Gasteiger partial charge in [-0.15, -0.1) is 0 Å². The van der Waals surface area contributed by atoms with Crippen LogP contribution < -0.4 is 4.89 Å². The number of allylic oxidation sites excluding steroid dienone is 8. The highest BCUT2D eigenvalue weighted by Gasteiger charge is 2.21. The van der Waals surface area contributed by atoms with E-state index in [1.54, 1.807) is 0 Å². The van der Waals surface area contributed by atoms with Crippen molar-refractivity contribution in [2.24, 2.45) is 0 Å². The summed E-state index contributed by atoms with van der Waals surface area (Å²) in [4.78, 5) is 37.6. The molecule has 0 amide bonds. The first-order valence-corrected chi connectivity index (χ1v) is 29.3. The Labute approximate surface area is 414 Å². The molecule has 0 aromatic rings. The molecule has 0 aromatic carbocycles. The van der Waals surface area contributed by atoms with Crippen molar-refractivity contribution in [2.45, 2.75) is 258 Å². The van der Waals surface area contributed by atoms with E-state index >= 15 is 0 Å². The third-order valence-corrected chi connectivity index (χ3v) is 13.0. The molecule has 67 heavy (non-hydrogen) atoms. The van der Waals surface area contributed by atoms with Crippen molar-refractivity contribution in [1.82, 2.24) is 0 Å². The molecule has 2 atom stereocenters. The Balaban J connectivity index is 3.97. The summed E-state index contributed by atoms with van der Waals surface area (Å²) < 4.78 is 34.0.